The standard InChI is InChI=1S/C32H39Cl2N3O4S/c1-4-27(21-36-16-7-17-42(36,39)40)37-30(22-12-14-24(33)15-13-22)28(23-8-5-9-25(34)18-23)20-32(2,31(37)38)19-26-10-6-11-29(35-26)41-3/h5-6,8-15,18,27-28,30,39-40H,4,7,16-17,19-21H2,1-3H3/t27-,28+,30+,32-/m0/s1. The maximum Gasteiger partial charge on any atom is 0.229 e. The molecule has 5 rings (SSSR count). The fourth-order valence-electron chi connectivity index (χ4n) is 6.59. The van der Waals surface area contributed by atoms with Crippen LogP contribution in [0.4, 0.5) is 0 Å². The molecule has 1 amide bonds. The third-order valence-electron chi connectivity index (χ3n) is 8.67. The molecule has 226 valence electrons. The van der Waals surface area contributed by atoms with Crippen LogP contribution in [-0.4, -0.2) is 61.2 Å². The summed E-state index contributed by atoms with van der Waals surface area (Å²) in [4.78, 5) is 21.6. The molecule has 2 fully saturated rings. The van der Waals surface area contributed by atoms with E-state index >= 15 is 0 Å². The first-order valence-electron chi connectivity index (χ1n) is 14.4. The molecule has 0 saturated carbocycles. The molecule has 10 heteroatoms. The fraction of sp³-hybridized carbons (Fsp3) is 0.438. The van der Waals surface area contributed by atoms with Crippen molar-refractivity contribution >= 4 is 39.9 Å². The molecular weight excluding hydrogens is 593 g/mol. The Labute approximate surface area is 260 Å². The molecule has 3 aromatic rings. The van der Waals surface area contributed by atoms with Gasteiger partial charge in [0.2, 0.25) is 11.8 Å². The van der Waals surface area contributed by atoms with Crippen LogP contribution in [0.3, 0.4) is 0 Å². The van der Waals surface area contributed by atoms with Gasteiger partial charge in [0.1, 0.15) is 0 Å². The van der Waals surface area contributed by atoms with Gasteiger partial charge in [0.25, 0.3) is 0 Å². The first kappa shape index (κ1) is 31.1. The lowest BCUT2D eigenvalue weighted by Crippen LogP contribution is -2.58. The molecule has 3 heterocycles. The summed E-state index contributed by atoms with van der Waals surface area (Å²) in [6.45, 7) is 5.05. The predicted octanol–water partition coefficient (Wildman–Crippen LogP) is 7.85. The molecular formula is C32H39Cl2N3O4S. The second-order valence-electron chi connectivity index (χ2n) is 11.6. The molecule has 0 radical (unpaired) electrons. The third kappa shape index (κ3) is 6.44. The van der Waals surface area contributed by atoms with E-state index in [0.717, 1.165) is 23.2 Å². The topological polar surface area (TPSA) is 86.1 Å². The highest BCUT2D eigenvalue weighted by atomic mass is 35.5. The van der Waals surface area contributed by atoms with Crippen molar-refractivity contribution in [1.29, 1.82) is 0 Å². The van der Waals surface area contributed by atoms with Gasteiger partial charge in [-0.2, -0.15) is 0 Å². The van der Waals surface area contributed by atoms with Crippen LogP contribution in [-0.2, 0) is 11.2 Å². The second kappa shape index (κ2) is 12.7. The van der Waals surface area contributed by atoms with Gasteiger partial charge < -0.3 is 9.64 Å². The number of methoxy groups -OCH3 is 1. The van der Waals surface area contributed by atoms with Crippen LogP contribution in [0.15, 0.2) is 66.7 Å². The number of rotatable bonds is 9. The maximum atomic E-state index is 14.9. The number of likely N-dealkylation sites (tertiary alicyclic amines) is 1. The number of hydrogen-bond donors (Lipinski definition) is 2. The maximum absolute atomic E-state index is 14.9. The molecule has 2 N–H and O–H groups in total. The largest absolute Gasteiger partial charge is 0.481 e. The number of hydrogen-bond acceptors (Lipinski definition) is 6. The van der Waals surface area contributed by atoms with Gasteiger partial charge in [-0.3, -0.25) is 13.9 Å². The second-order valence-corrected chi connectivity index (χ2v) is 14.7. The lowest BCUT2D eigenvalue weighted by molar-refractivity contribution is -0.155. The van der Waals surface area contributed by atoms with Crippen molar-refractivity contribution in [2.75, 3.05) is 26.0 Å². The SMILES string of the molecule is CC[C@@H](CN1CCCS1(O)O)N1C(=O)[C@@](C)(Cc2cccc(OC)n2)C[C@H](c2cccc(Cl)c2)[C@H]1c1ccc(Cl)cc1. The average Bonchev–Trinajstić information content (AvgIpc) is 3.31. The van der Waals surface area contributed by atoms with Crippen molar-refractivity contribution in [3.63, 3.8) is 0 Å². The van der Waals surface area contributed by atoms with E-state index in [4.69, 9.17) is 27.9 Å². The van der Waals surface area contributed by atoms with Gasteiger partial charge in [0.15, 0.2) is 0 Å². The van der Waals surface area contributed by atoms with E-state index < -0.39 is 16.2 Å². The van der Waals surface area contributed by atoms with Crippen molar-refractivity contribution in [2.24, 2.45) is 5.41 Å². The Kier molecular flexibility index (Phi) is 9.42. The van der Waals surface area contributed by atoms with Crippen molar-refractivity contribution in [3.05, 3.63) is 93.6 Å². The number of piperidine rings is 1. The molecule has 2 aromatic carbocycles. The number of benzene rings is 2. The van der Waals surface area contributed by atoms with Crippen molar-refractivity contribution < 1.29 is 18.6 Å². The van der Waals surface area contributed by atoms with E-state index in [0.29, 0.717) is 54.0 Å². The zero-order chi connectivity index (χ0) is 30.1. The molecule has 0 unspecified atom stereocenters. The van der Waals surface area contributed by atoms with E-state index in [-0.39, 0.29) is 23.9 Å². The molecule has 42 heavy (non-hydrogen) atoms. The number of halogens is 2. The molecule has 0 bridgehead atoms. The van der Waals surface area contributed by atoms with E-state index in [1.807, 2.05) is 66.4 Å². The number of carbonyl (C=O) groups excluding carboxylic acids is 1. The minimum Gasteiger partial charge on any atom is -0.481 e. The zero-order valence-corrected chi connectivity index (χ0v) is 26.6. The van der Waals surface area contributed by atoms with Gasteiger partial charge in [-0.25, -0.2) is 9.29 Å². The zero-order valence-electron chi connectivity index (χ0n) is 24.2. The van der Waals surface area contributed by atoms with Gasteiger partial charge in [-0.1, -0.05) is 67.4 Å². The molecule has 2 aliphatic heterocycles. The van der Waals surface area contributed by atoms with E-state index in [1.165, 1.54) is 0 Å². The van der Waals surface area contributed by atoms with Crippen LogP contribution < -0.4 is 4.74 Å². The normalized spacial score (nSPS) is 25.8. The Bertz CT molecular complexity index is 1410. The van der Waals surface area contributed by atoms with Gasteiger partial charge >= 0.3 is 0 Å². The quantitative estimate of drug-likeness (QED) is 0.250. The molecule has 4 atom stereocenters. The monoisotopic (exact) mass is 631 g/mol. The van der Waals surface area contributed by atoms with Gasteiger partial charge in [-0.15, -0.1) is 10.8 Å². The number of pyridine rings is 1. The Balaban J connectivity index is 1.64. The summed E-state index contributed by atoms with van der Waals surface area (Å²) in [6.07, 6.45) is 2.37. The highest BCUT2D eigenvalue weighted by Crippen LogP contribution is 2.53. The lowest BCUT2D eigenvalue weighted by Gasteiger charge is -2.53. The Morgan fingerprint density at radius 2 is 1.81 bits per heavy atom. The number of carbonyl (C=O) groups is 1. The number of amides is 1. The number of nitrogens with zero attached hydrogens (tertiary/aromatic N) is 3. The summed E-state index contributed by atoms with van der Waals surface area (Å²) in [7, 11) is -1.27. The fourth-order valence-corrected chi connectivity index (χ4v) is 8.52. The van der Waals surface area contributed by atoms with Crippen molar-refractivity contribution in [3.8, 4) is 5.88 Å². The minimum absolute atomic E-state index is 0.0212. The summed E-state index contributed by atoms with van der Waals surface area (Å²) in [5.41, 5.74) is 2.01. The molecule has 2 aliphatic rings. The lowest BCUT2D eigenvalue weighted by atomic mass is 9.66. The Morgan fingerprint density at radius 3 is 2.45 bits per heavy atom. The summed E-state index contributed by atoms with van der Waals surface area (Å²) < 4.78 is 28.7. The Hall–Kier alpha value is -2.33. The van der Waals surface area contributed by atoms with Crippen LogP contribution in [0.1, 0.15) is 61.9 Å². The van der Waals surface area contributed by atoms with Crippen LogP contribution in [0.5, 0.6) is 5.88 Å². The van der Waals surface area contributed by atoms with Crippen molar-refractivity contribution in [2.45, 2.75) is 57.5 Å². The van der Waals surface area contributed by atoms with Crippen LogP contribution in [0.2, 0.25) is 10.0 Å². The van der Waals surface area contributed by atoms with Crippen LogP contribution >= 0.6 is 34.0 Å². The smallest absolute Gasteiger partial charge is 0.229 e. The first-order chi connectivity index (χ1) is 20.0. The van der Waals surface area contributed by atoms with Crippen LogP contribution in [0, 0.1) is 5.41 Å². The minimum atomic E-state index is -2.86. The molecule has 0 spiro atoms. The molecule has 0 aliphatic carbocycles. The first-order valence-corrected chi connectivity index (χ1v) is 16.8. The van der Waals surface area contributed by atoms with E-state index in [1.54, 1.807) is 17.5 Å². The summed E-state index contributed by atoms with van der Waals surface area (Å²) in [5, 5.41) is 1.26. The average molecular weight is 633 g/mol. The number of ether oxygens (including phenoxy) is 1. The highest BCUT2D eigenvalue weighted by molar-refractivity contribution is 8.22. The Morgan fingerprint density at radius 1 is 1.07 bits per heavy atom. The molecule has 7 nitrogen and oxygen atoms in total. The number of aromatic nitrogens is 1. The van der Waals surface area contributed by atoms with Crippen LogP contribution in [0.25, 0.3) is 0 Å². The summed E-state index contributed by atoms with van der Waals surface area (Å²) >= 11 is 12.8. The van der Waals surface area contributed by atoms with Gasteiger partial charge in [0, 0.05) is 53.3 Å². The summed E-state index contributed by atoms with van der Waals surface area (Å²) in [6, 6.07) is 20.7. The van der Waals surface area contributed by atoms with Gasteiger partial charge in [-0.05, 0) is 60.7 Å². The van der Waals surface area contributed by atoms with Gasteiger partial charge in [0.05, 0.1) is 24.3 Å². The molecule has 2 saturated heterocycles. The predicted molar refractivity (Wildman–Crippen MR) is 170 cm³/mol. The third-order valence-corrected chi connectivity index (χ3v) is 11.2. The summed E-state index contributed by atoms with van der Waals surface area (Å²) in [5.74, 6) is 0.800. The van der Waals surface area contributed by atoms with E-state index in [2.05, 4.69) is 18.0 Å². The highest BCUT2D eigenvalue weighted by Gasteiger charge is 2.52. The molecule has 1 aromatic heterocycles. The van der Waals surface area contributed by atoms with Crippen molar-refractivity contribution in [1.82, 2.24) is 14.2 Å². The van der Waals surface area contributed by atoms with E-state index in [9.17, 15) is 13.9 Å².